The summed E-state index contributed by atoms with van der Waals surface area (Å²) in [5.74, 6) is 0. The predicted molar refractivity (Wildman–Crippen MR) is 28.6 cm³/mol. The summed E-state index contributed by atoms with van der Waals surface area (Å²) in [5.41, 5.74) is -4.68. The van der Waals surface area contributed by atoms with Gasteiger partial charge in [0, 0.05) is 13.1 Å². The Morgan fingerprint density at radius 3 is 1.23 bits per heavy atom. The van der Waals surface area contributed by atoms with Gasteiger partial charge in [0.05, 0.1) is 0 Å². The van der Waals surface area contributed by atoms with Gasteiger partial charge in [-0.05, 0) is 0 Å². The Balaban J connectivity index is 3.01. The third-order valence-corrected chi connectivity index (χ3v) is 1.70. The molecule has 0 spiro atoms. The van der Waals surface area contributed by atoms with E-state index in [0.29, 0.717) is 0 Å². The van der Waals surface area contributed by atoms with E-state index < -0.39 is 31.2 Å². The zero-order valence-electron chi connectivity index (χ0n) is 6.08. The molecule has 1 aliphatic rings. The lowest BCUT2D eigenvalue weighted by molar-refractivity contribution is -0.400. The van der Waals surface area contributed by atoms with Crippen LogP contribution in [0.3, 0.4) is 0 Å². The van der Waals surface area contributed by atoms with Crippen LogP contribution in [0.25, 0.3) is 0 Å². The molecular formula is C5H5F6NO. The largest absolute Gasteiger partial charge is 0.440 e. The van der Waals surface area contributed by atoms with E-state index in [9.17, 15) is 26.3 Å². The summed E-state index contributed by atoms with van der Waals surface area (Å²) in [7, 11) is 0. The zero-order chi connectivity index (χ0) is 10.5. The molecule has 0 aromatic rings. The van der Waals surface area contributed by atoms with E-state index in [4.69, 9.17) is 5.11 Å². The molecule has 0 aromatic carbocycles. The monoisotopic (exact) mass is 209 g/mol. The topological polar surface area (TPSA) is 23.2 Å². The second kappa shape index (κ2) is 2.50. The van der Waals surface area contributed by atoms with Crippen molar-refractivity contribution in [2.45, 2.75) is 18.1 Å². The fraction of sp³-hybridized carbons (Fsp3) is 1.00. The summed E-state index contributed by atoms with van der Waals surface area (Å²) < 4.78 is 71.3. The Morgan fingerprint density at radius 1 is 0.846 bits per heavy atom. The SMILES string of the molecule is OC(N1CC1)(C(F)(F)F)C(F)(F)F. The third kappa shape index (κ3) is 1.48. The van der Waals surface area contributed by atoms with Gasteiger partial charge >= 0.3 is 18.1 Å². The average Bonchev–Trinajstić information content (AvgIpc) is 2.60. The minimum absolute atomic E-state index is 0.0903. The standard InChI is InChI=1S/C5H5F6NO/c6-4(7,8)3(13,5(9,10)11)12-1-2-12/h13H,1-2H2. The van der Waals surface area contributed by atoms with Gasteiger partial charge in [-0.3, -0.25) is 4.90 Å². The number of nitrogens with zero attached hydrogens (tertiary/aromatic N) is 1. The van der Waals surface area contributed by atoms with Gasteiger partial charge in [0.25, 0.3) is 0 Å². The van der Waals surface area contributed by atoms with Crippen LogP contribution < -0.4 is 0 Å². The lowest BCUT2D eigenvalue weighted by Crippen LogP contribution is -2.62. The molecule has 0 aromatic heterocycles. The van der Waals surface area contributed by atoms with Gasteiger partial charge in [0.1, 0.15) is 0 Å². The number of alkyl halides is 6. The molecule has 0 radical (unpaired) electrons. The average molecular weight is 209 g/mol. The van der Waals surface area contributed by atoms with E-state index in [1.807, 2.05) is 0 Å². The molecule has 1 N–H and O–H groups in total. The molecular weight excluding hydrogens is 204 g/mol. The highest BCUT2D eigenvalue weighted by Gasteiger charge is 2.75. The first kappa shape index (κ1) is 10.6. The molecule has 2 nitrogen and oxygen atoms in total. The Labute approximate surface area is 68.7 Å². The molecule has 0 amide bonds. The highest BCUT2D eigenvalue weighted by Crippen LogP contribution is 2.47. The van der Waals surface area contributed by atoms with E-state index in [2.05, 4.69) is 0 Å². The van der Waals surface area contributed by atoms with E-state index >= 15 is 0 Å². The van der Waals surface area contributed by atoms with Crippen molar-refractivity contribution in [3.8, 4) is 0 Å². The first-order valence-electron chi connectivity index (χ1n) is 3.21. The molecule has 0 bridgehead atoms. The van der Waals surface area contributed by atoms with Crippen molar-refractivity contribution in [1.29, 1.82) is 0 Å². The molecule has 1 heterocycles. The molecule has 1 aliphatic heterocycles. The van der Waals surface area contributed by atoms with E-state index in [1.165, 1.54) is 0 Å². The Kier molecular flexibility index (Phi) is 2.04. The molecule has 1 rings (SSSR count). The summed E-state index contributed by atoms with van der Waals surface area (Å²) in [6.45, 7) is -0.814. The molecule has 78 valence electrons. The van der Waals surface area contributed by atoms with Crippen LogP contribution in [0.5, 0.6) is 0 Å². The van der Waals surface area contributed by atoms with Crippen molar-refractivity contribution < 1.29 is 31.4 Å². The second-order valence-corrected chi connectivity index (χ2v) is 2.65. The number of halogens is 6. The molecule has 0 unspecified atom stereocenters. The normalized spacial score (nSPS) is 20.5. The minimum Gasteiger partial charge on any atom is -0.361 e. The molecule has 1 fully saturated rings. The second-order valence-electron chi connectivity index (χ2n) is 2.65. The van der Waals surface area contributed by atoms with Crippen LogP contribution in [0.4, 0.5) is 26.3 Å². The summed E-state index contributed by atoms with van der Waals surface area (Å²) >= 11 is 0. The van der Waals surface area contributed by atoms with Crippen molar-refractivity contribution in [2.75, 3.05) is 13.1 Å². The molecule has 0 saturated carbocycles. The summed E-state index contributed by atoms with van der Waals surface area (Å²) in [6, 6.07) is 0. The van der Waals surface area contributed by atoms with Gasteiger partial charge in [-0.2, -0.15) is 26.3 Å². The van der Waals surface area contributed by atoms with Crippen molar-refractivity contribution in [3.63, 3.8) is 0 Å². The minimum atomic E-state index is -5.72. The summed E-state index contributed by atoms with van der Waals surface area (Å²) in [4.78, 5) is -0.0903. The van der Waals surface area contributed by atoms with Crippen molar-refractivity contribution in [3.05, 3.63) is 0 Å². The fourth-order valence-electron chi connectivity index (χ4n) is 0.893. The lowest BCUT2D eigenvalue weighted by atomic mass is 10.2. The van der Waals surface area contributed by atoms with Crippen LogP contribution >= 0.6 is 0 Å². The van der Waals surface area contributed by atoms with Gasteiger partial charge in [-0.15, -0.1) is 0 Å². The van der Waals surface area contributed by atoms with Crippen LogP contribution in [0.15, 0.2) is 0 Å². The maximum atomic E-state index is 11.9. The number of hydrogen-bond acceptors (Lipinski definition) is 2. The molecule has 13 heavy (non-hydrogen) atoms. The van der Waals surface area contributed by atoms with E-state index in [0.717, 1.165) is 0 Å². The van der Waals surface area contributed by atoms with Gasteiger partial charge in [0.15, 0.2) is 0 Å². The number of hydrogen-bond donors (Lipinski definition) is 1. The van der Waals surface area contributed by atoms with Gasteiger partial charge in [-0.1, -0.05) is 0 Å². The quantitative estimate of drug-likeness (QED) is 0.516. The molecule has 0 atom stereocenters. The first-order chi connectivity index (χ1) is 5.61. The molecule has 1 saturated heterocycles. The van der Waals surface area contributed by atoms with Crippen molar-refractivity contribution in [2.24, 2.45) is 0 Å². The third-order valence-electron chi connectivity index (χ3n) is 1.70. The fourth-order valence-corrected chi connectivity index (χ4v) is 0.893. The lowest BCUT2D eigenvalue weighted by Gasteiger charge is -2.32. The molecule has 8 heteroatoms. The van der Waals surface area contributed by atoms with Crippen molar-refractivity contribution >= 4 is 0 Å². The van der Waals surface area contributed by atoms with Gasteiger partial charge in [0.2, 0.25) is 0 Å². The van der Waals surface area contributed by atoms with Crippen LogP contribution in [-0.4, -0.2) is 41.2 Å². The van der Waals surface area contributed by atoms with E-state index in [-0.39, 0.29) is 4.90 Å². The summed E-state index contributed by atoms with van der Waals surface area (Å²) in [6.07, 6.45) is -11.4. The molecule has 0 aliphatic carbocycles. The van der Waals surface area contributed by atoms with Gasteiger partial charge in [-0.25, -0.2) is 0 Å². The first-order valence-corrected chi connectivity index (χ1v) is 3.21. The predicted octanol–water partition coefficient (Wildman–Crippen LogP) is 1.12. The van der Waals surface area contributed by atoms with Crippen LogP contribution in [0, 0.1) is 0 Å². The van der Waals surface area contributed by atoms with Crippen LogP contribution in [0.1, 0.15) is 0 Å². The Bertz CT molecular complexity index is 190. The van der Waals surface area contributed by atoms with Crippen molar-refractivity contribution in [1.82, 2.24) is 4.90 Å². The zero-order valence-corrected chi connectivity index (χ0v) is 6.08. The van der Waals surface area contributed by atoms with E-state index in [1.54, 1.807) is 0 Å². The number of rotatable bonds is 1. The van der Waals surface area contributed by atoms with Crippen LogP contribution in [0.2, 0.25) is 0 Å². The Morgan fingerprint density at radius 2 is 1.15 bits per heavy atom. The highest BCUT2D eigenvalue weighted by molar-refractivity contribution is 4.99. The summed E-state index contributed by atoms with van der Waals surface area (Å²) in [5, 5.41) is 8.50. The van der Waals surface area contributed by atoms with Crippen LogP contribution in [-0.2, 0) is 0 Å². The Hall–Kier alpha value is -0.500. The highest BCUT2D eigenvalue weighted by atomic mass is 19.4. The van der Waals surface area contributed by atoms with Gasteiger partial charge < -0.3 is 5.11 Å². The smallest absolute Gasteiger partial charge is 0.361 e. The maximum Gasteiger partial charge on any atom is 0.440 e. The maximum absolute atomic E-state index is 11.9. The number of aliphatic hydroxyl groups is 1.